The number of benzene rings is 1. The van der Waals surface area contributed by atoms with Crippen LogP contribution < -0.4 is 5.32 Å². The van der Waals surface area contributed by atoms with E-state index in [0.29, 0.717) is 6.42 Å². The lowest BCUT2D eigenvalue weighted by Crippen LogP contribution is -2.35. The summed E-state index contributed by atoms with van der Waals surface area (Å²) in [4.78, 5) is 31.3. The molecule has 2 N–H and O–H groups in total. The van der Waals surface area contributed by atoms with Crippen molar-refractivity contribution in [1.82, 2.24) is 0 Å². The van der Waals surface area contributed by atoms with Crippen LogP contribution >= 0.6 is 0 Å². The zero-order valence-electron chi connectivity index (χ0n) is 11.5. The molecule has 1 aromatic carbocycles. The first-order valence-electron chi connectivity index (χ1n) is 6.20. The van der Waals surface area contributed by atoms with Gasteiger partial charge in [0, 0.05) is 6.07 Å². The number of non-ortho nitro benzene ring substituents is 1. The van der Waals surface area contributed by atoms with Gasteiger partial charge in [-0.2, -0.15) is 0 Å². The quantitative estimate of drug-likeness (QED) is 0.582. The molecule has 0 spiro atoms. The first-order valence-corrected chi connectivity index (χ1v) is 6.20. The van der Waals surface area contributed by atoms with E-state index in [1.54, 1.807) is 13.8 Å². The normalized spacial score (nSPS) is 13.2. The van der Waals surface area contributed by atoms with Crippen molar-refractivity contribution in [2.75, 3.05) is 5.32 Å². The van der Waals surface area contributed by atoms with Gasteiger partial charge < -0.3 is 10.4 Å². The molecule has 0 saturated heterocycles. The molecule has 2 atom stereocenters. The Morgan fingerprint density at radius 3 is 2.38 bits per heavy atom. The lowest BCUT2D eigenvalue weighted by molar-refractivity contribution is -0.393. The summed E-state index contributed by atoms with van der Waals surface area (Å²) in [5, 5.41) is 33.4. The molecule has 21 heavy (non-hydrogen) atoms. The van der Waals surface area contributed by atoms with E-state index in [0.717, 1.165) is 18.2 Å². The molecule has 114 valence electrons. The summed E-state index contributed by atoms with van der Waals surface area (Å²) in [7, 11) is 0. The lowest BCUT2D eigenvalue weighted by Gasteiger charge is -2.21. The predicted octanol–water partition coefficient (Wildman–Crippen LogP) is 2.41. The number of carboxylic acid groups (broad SMARTS) is 1. The number of nitro benzene ring substituents is 2. The third kappa shape index (κ3) is 3.88. The number of carboxylic acids is 1. The van der Waals surface area contributed by atoms with Crippen molar-refractivity contribution in [3.8, 4) is 0 Å². The van der Waals surface area contributed by atoms with Gasteiger partial charge in [0.1, 0.15) is 11.7 Å². The summed E-state index contributed by atoms with van der Waals surface area (Å²) in [6, 6.07) is 2.02. The Labute approximate surface area is 119 Å². The van der Waals surface area contributed by atoms with Gasteiger partial charge in [0.05, 0.1) is 15.9 Å². The minimum Gasteiger partial charge on any atom is -0.480 e. The van der Waals surface area contributed by atoms with Gasteiger partial charge in [0.2, 0.25) is 0 Å². The average Bonchev–Trinajstić information content (AvgIpc) is 2.43. The van der Waals surface area contributed by atoms with Gasteiger partial charge in [0.15, 0.2) is 0 Å². The van der Waals surface area contributed by atoms with Crippen molar-refractivity contribution in [2.45, 2.75) is 26.3 Å². The number of anilines is 1. The molecule has 0 bridgehead atoms. The second kappa shape index (κ2) is 6.64. The number of nitrogens with one attached hydrogen (secondary N) is 1. The van der Waals surface area contributed by atoms with Gasteiger partial charge in [-0.05, 0) is 12.0 Å². The predicted molar refractivity (Wildman–Crippen MR) is 74.3 cm³/mol. The van der Waals surface area contributed by atoms with Crippen LogP contribution in [0.15, 0.2) is 18.2 Å². The highest BCUT2D eigenvalue weighted by Gasteiger charge is 2.27. The van der Waals surface area contributed by atoms with Crippen LogP contribution in [0, 0.1) is 26.1 Å². The Bertz CT molecular complexity index is 574. The largest absolute Gasteiger partial charge is 0.480 e. The number of hydrogen-bond donors (Lipinski definition) is 2. The number of nitrogens with zero attached hydrogens (tertiary/aromatic N) is 2. The highest BCUT2D eigenvalue weighted by Crippen LogP contribution is 2.30. The molecule has 0 aliphatic carbocycles. The zero-order valence-corrected chi connectivity index (χ0v) is 11.5. The van der Waals surface area contributed by atoms with Gasteiger partial charge in [0.25, 0.3) is 11.4 Å². The van der Waals surface area contributed by atoms with E-state index in [1.807, 2.05) is 0 Å². The Hall–Kier alpha value is -2.71. The van der Waals surface area contributed by atoms with E-state index in [-0.39, 0.29) is 11.6 Å². The minimum absolute atomic E-state index is 0.0571. The van der Waals surface area contributed by atoms with E-state index >= 15 is 0 Å². The van der Waals surface area contributed by atoms with Crippen molar-refractivity contribution < 1.29 is 19.7 Å². The Morgan fingerprint density at radius 2 is 1.95 bits per heavy atom. The van der Waals surface area contributed by atoms with Crippen LogP contribution in [0.2, 0.25) is 0 Å². The van der Waals surface area contributed by atoms with Crippen molar-refractivity contribution in [3.05, 3.63) is 38.4 Å². The molecule has 9 nitrogen and oxygen atoms in total. The van der Waals surface area contributed by atoms with Crippen LogP contribution in [-0.4, -0.2) is 27.0 Å². The third-order valence-electron chi connectivity index (χ3n) is 3.18. The molecule has 0 aliphatic rings. The molecule has 1 aromatic rings. The zero-order chi connectivity index (χ0) is 16.2. The molecule has 0 fully saturated rings. The topological polar surface area (TPSA) is 136 Å². The van der Waals surface area contributed by atoms with Crippen LogP contribution in [0.5, 0.6) is 0 Å². The lowest BCUT2D eigenvalue weighted by atomic mass is 9.99. The first-order chi connectivity index (χ1) is 9.77. The fraction of sp³-hybridized carbons (Fsp3) is 0.417. The summed E-state index contributed by atoms with van der Waals surface area (Å²) in [6.45, 7) is 3.50. The van der Waals surface area contributed by atoms with Crippen LogP contribution in [-0.2, 0) is 4.79 Å². The van der Waals surface area contributed by atoms with Gasteiger partial charge in [-0.3, -0.25) is 20.2 Å². The molecule has 0 aliphatic heterocycles. The van der Waals surface area contributed by atoms with E-state index in [1.165, 1.54) is 0 Å². The van der Waals surface area contributed by atoms with Crippen molar-refractivity contribution >= 4 is 23.0 Å². The maximum Gasteiger partial charge on any atom is 0.326 e. The highest BCUT2D eigenvalue weighted by molar-refractivity contribution is 5.79. The highest BCUT2D eigenvalue weighted by atomic mass is 16.6. The van der Waals surface area contributed by atoms with Gasteiger partial charge in [-0.15, -0.1) is 0 Å². The number of nitro groups is 2. The van der Waals surface area contributed by atoms with Crippen LogP contribution in [0.4, 0.5) is 17.1 Å². The number of rotatable bonds is 7. The summed E-state index contributed by atoms with van der Waals surface area (Å²) in [5.41, 5.74) is -1.01. The minimum atomic E-state index is -1.14. The summed E-state index contributed by atoms with van der Waals surface area (Å²) < 4.78 is 0. The van der Waals surface area contributed by atoms with E-state index in [2.05, 4.69) is 5.32 Å². The summed E-state index contributed by atoms with van der Waals surface area (Å²) in [6.07, 6.45) is 0.560. The van der Waals surface area contributed by atoms with Crippen LogP contribution in [0.25, 0.3) is 0 Å². The molecule has 0 radical (unpaired) electrons. The average molecular weight is 297 g/mol. The summed E-state index contributed by atoms with van der Waals surface area (Å²) >= 11 is 0. The third-order valence-corrected chi connectivity index (χ3v) is 3.18. The van der Waals surface area contributed by atoms with Crippen molar-refractivity contribution in [1.29, 1.82) is 0 Å². The fourth-order valence-corrected chi connectivity index (χ4v) is 1.76. The first kappa shape index (κ1) is 16.3. The summed E-state index contributed by atoms with van der Waals surface area (Å²) in [5.74, 6) is -1.41. The maximum atomic E-state index is 11.2. The van der Waals surface area contributed by atoms with Gasteiger partial charge in [-0.1, -0.05) is 20.3 Å². The smallest absolute Gasteiger partial charge is 0.326 e. The fourth-order valence-electron chi connectivity index (χ4n) is 1.76. The molecule has 0 saturated carbocycles. The maximum absolute atomic E-state index is 11.2. The number of hydrogen-bond acceptors (Lipinski definition) is 6. The molecule has 0 amide bonds. The number of aliphatic carboxylic acids is 1. The SMILES string of the molecule is CCC(C)C(Nc1ccc([N+](=O)[O-])cc1[N+](=O)[O-])C(=O)O. The van der Waals surface area contributed by atoms with E-state index < -0.39 is 33.2 Å². The Morgan fingerprint density at radius 1 is 1.33 bits per heavy atom. The molecule has 9 heteroatoms. The van der Waals surface area contributed by atoms with Crippen molar-refractivity contribution in [2.24, 2.45) is 5.92 Å². The monoisotopic (exact) mass is 297 g/mol. The standard InChI is InChI=1S/C12H15N3O6/c1-3-7(2)11(12(16)17)13-9-5-4-8(14(18)19)6-10(9)15(20)21/h4-7,11,13H,3H2,1-2H3,(H,16,17). The van der Waals surface area contributed by atoms with E-state index in [4.69, 9.17) is 5.11 Å². The molecular formula is C12H15N3O6. The second-order valence-corrected chi connectivity index (χ2v) is 4.56. The molecule has 0 heterocycles. The van der Waals surface area contributed by atoms with Gasteiger partial charge in [-0.25, -0.2) is 4.79 Å². The van der Waals surface area contributed by atoms with Gasteiger partial charge >= 0.3 is 5.97 Å². The Kier molecular flexibility index (Phi) is 5.17. The van der Waals surface area contributed by atoms with E-state index in [9.17, 15) is 25.0 Å². The molecule has 2 unspecified atom stereocenters. The van der Waals surface area contributed by atoms with Crippen LogP contribution in [0.3, 0.4) is 0 Å². The number of carbonyl (C=O) groups is 1. The molecule has 1 rings (SSSR count). The van der Waals surface area contributed by atoms with Crippen LogP contribution in [0.1, 0.15) is 20.3 Å². The van der Waals surface area contributed by atoms with Crippen molar-refractivity contribution in [3.63, 3.8) is 0 Å². The second-order valence-electron chi connectivity index (χ2n) is 4.56. The Balaban J connectivity index is 3.20. The molecular weight excluding hydrogens is 282 g/mol. The molecule has 0 aromatic heterocycles.